The molecule has 0 aliphatic heterocycles. The second kappa shape index (κ2) is 4.94. The number of nitrogens with zero attached hydrogens (tertiary/aromatic N) is 2. The minimum Gasteiger partial charge on any atom is -0.355 e. The van der Waals surface area contributed by atoms with Gasteiger partial charge in [-0.3, -0.25) is 0 Å². The molecule has 3 nitrogen and oxygen atoms in total. The van der Waals surface area contributed by atoms with Crippen LogP contribution in [0.1, 0.15) is 38.3 Å². The molecule has 0 bridgehead atoms. The molecular weight excluding hydrogens is 210 g/mol. The third-order valence-electron chi connectivity index (χ3n) is 3.71. The smallest absolute Gasteiger partial charge is 0.203 e. The summed E-state index contributed by atoms with van der Waals surface area (Å²) in [5.41, 5.74) is 1.52. The average Bonchev–Trinajstić information content (AvgIpc) is 2.84. The first-order valence-electron chi connectivity index (χ1n) is 6.51. The van der Waals surface area contributed by atoms with E-state index >= 15 is 0 Å². The summed E-state index contributed by atoms with van der Waals surface area (Å²) in [5, 5.41) is 3.51. The molecule has 0 aromatic carbocycles. The maximum absolute atomic E-state index is 4.53. The normalized spacial score (nSPS) is 18.2. The fourth-order valence-corrected chi connectivity index (χ4v) is 2.66. The standard InChI is InChI=1S/C14H23N3/c1-4-9-17-10-12(2)16-13(17)15-11-14(3)7-5-6-8-14/h4,10H,1,5-9,11H2,2-3H3,(H,15,16). The van der Waals surface area contributed by atoms with E-state index in [0.717, 1.165) is 24.7 Å². The SMILES string of the molecule is C=CCn1cc(C)nc1NCC1(C)CCCC1. The monoisotopic (exact) mass is 233 g/mol. The quantitative estimate of drug-likeness (QED) is 0.790. The topological polar surface area (TPSA) is 29.9 Å². The number of rotatable bonds is 5. The van der Waals surface area contributed by atoms with E-state index in [-0.39, 0.29) is 0 Å². The molecule has 17 heavy (non-hydrogen) atoms. The fourth-order valence-electron chi connectivity index (χ4n) is 2.66. The molecule has 0 atom stereocenters. The molecule has 1 aliphatic carbocycles. The molecule has 1 saturated carbocycles. The second-order valence-corrected chi connectivity index (χ2v) is 5.52. The molecular formula is C14H23N3. The van der Waals surface area contributed by atoms with Crippen molar-refractivity contribution in [2.45, 2.75) is 46.1 Å². The van der Waals surface area contributed by atoms with Gasteiger partial charge in [-0.25, -0.2) is 4.98 Å². The first kappa shape index (κ1) is 12.2. The van der Waals surface area contributed by atoms with Crippen molar-refractivity contribution in [2.75, 3.05) is 11.9 Å². The van der Waals surface area contributed by atoms with Crippen molar-refractivity contribution in [1.82, 2.24) is 9.55 Å². The summed E-state index contributed by atoms with van der Waals surface area (Å²) in [6, 6.07) is 0. The van der Waals surface area contributed by atoms with Crippen LogP contribution in [-0.2, 0) is 6.54 Å². The molecule has 0 amide bonds. The van der Waals surface area contributed by atoms with Gasteiger partial charge in [0.1, 0.15) is 0 Å². The lowest BCUT2D eigenvalue weighted by molar-refractivity contribution is 0.360. The van der Waals surface area contributed by atoms with Crippen LogP contribution in [0.3, 0.4) is 0 Å². The lowest BCUT2D eigenvalue weighted by atomic mass is 9.89. The molecule has 3 heteroatoms. The zero-order valence-corrected chi connectivity index (χ0v) is 11.0. The predicted octanol–water partition coefficient (Wildman–Crippen LogP) is 3.37. The van der Waals surface area contributed by atoms with E-state index in [1.54, 1.807) is 0 Å². The highest BCUT2D eigenvalue weighted by molar-refractivity contribution is 5.29. The van der Waals surface area contributed by atoms with E-state index in [0.29, 0.717) is 5.41 Å². The zero-order valence-electron chi connectivity index (χ0n) is 11.0. The Labute approximate surface area is 104 Å². The number of nitrogens with one attached hydrogen (secondary N) is 1. The second-order valence-electron chi connectivity index (χ2n) is 5.52. The molecule has 1 aromatic heterocycles. The van der Waals surface area contributed by atoms with E-state index in [2.05, 4.69) is 34.6 Å². The lowest BCUT2D eigenvalue weighted by Crippen LogP contribution is -2.24. The average molecular weight is 233 g/mol. The summed E-state index contributed by atoms with van der Waals surface area (Å²) < 4.78 is 2.13. The van der Waals surface area contributed by atoms with Crippen LogP contribution in [0, 0.1) is 12.3 Å². The number of imidazole rings is 1. The molecule has 1 N–H and O–H groups in total. The minimum absolute atomic E-state index is 0.457. The van der Waals surface area contributed by atoms with E-state index in [9.17, 15) is 0 Å². The summed E-state index contributed by atoms with van der Waals surface area (Å²) in [7, 11) is 0. The molecule has 1 aliphatic rings. The Bertz CT molecular complexity index is 386. The zero-order chi connectivity index (χ0) is 12.3. The number of anilines is 1. The van der Waals surface area contributed by atoms with Gasteiger partial charge in [-0.05, 0) is 25.2 Å². The highest BCUT2D eigenvalue weighted by atomic mass is 15.2. The van der Waals surface area contributed by atoms with E-state index < -0.39 is 0 Å². The van der Waals surface area contributed by atoms with Crippen LogP contribution >= 0.6 is 0 Å². The van der Waals surface area contributed by atoms with Gasteiger partial charge in [-0.15, -0.1) is 6.58 Å². The van der Waals surface area contributed by atoms with E-state index in [1.165, 1.54) is 25.7 Å². The Morgan fingerprint density at radius 1 is 1.53 bits per heavy atom. The van der Waals surface area contributed by atoms with Crippen molar-refractivity contribution in [2.24, 2.45) is 5.41 Å². The Balaban J connectivity index is 2.00. The Kier molecular flexibility index (Phi) is 3.55. The van der Waals surface area contributed by atoms with Gasteiger partial charge in [-0.2, -0.15) is 0 Å². The summed E-state index contributed by atoms with van der Waals surface area (Å²) in [5.74, 6) is 0.982. The highest BCUT2D eigenvalue weighted by Gasteiger charge is 2.28. The first-order valence-corrected chi connectivity index (χ1v) is 6.51. The van der Waals surface area contributed by atoms with Crippen molar-refractivity contribution >= 4 is 5.95 Å². The van der Waals surface area contributed by atoms with Gasteiger partial charge in [0, 0.05) is 19.3 Å². The van der Waals surface area contributed by atoms with Crippen molar-refractivity contribution in [3.05, 3.63) is 24.5 Å². The van der Waals surface area contributed by atoms with Gasteiger partial charge in [0.25, 0.3) is 0 Å². The predicted molar refractivity (Wildman–Crippen MR) is 72.2 cm³/mol. The van der Waals surface area contributed by atoms with Gasteiger partial charge < -0.3 is 9.88 Å². The summed E-state index contributed by atoms with van der Waals surface area (Å²) in [6.45, 7) is 10.0. The van der Waals surface area contributed by atoms with Crippen LogP contribution in [-0.4, -0.2) is 16.1 Å². The maximum Gasteiger partial charge on any atom is 0.203 e. The van der Waals surface area contributed by atoms with Gasteiger partial charge in [0.15, 0.2) is 0 Å². The molecule has 2 rings (SSSR count). The van der Waals surface area contributed by atoms with Crippen LogP contribution in [0.5, 0.6) is 0 Å². The van der Waals surface area contributed by atoms with Crippen LogP contribution in [0.25, 0.3) is 0 Å². The molecule has 0 unspecified atom stereocenters. The lowest BCUT2D eigenvalue weighted by Gasteiger charge is -2.24. The van der Waals surface area contributed by atoms with Crippen LogP contribution in [0.2, 0.25) is 0 Å². The number of hydrogen-bond donors (Lipinski definition) is 1. The van der Waals surface area contributed by atoms with Gasteiger partial charge in [0.2, 0.25) is 5.95 Å². The van der Waals surface area contributed by atoms with Crippen molar-refractivity contribution in [3.8, 4) is 0 Å². The molecule has 1 heterocycles. The number of hydrogen-bond acceptors (Lipinski definition) is 2. The Morgan fingerprint density at radius 3 is 2.88 bits per heavy atom. The molecule has 1 aromatic rings. The van der Waals surface area contributed by atoms with Crippen molar-refractivity contribution in [3.63, 3.8) is 0 Å². The number of aryl methyl sites for hydroxylation is 1. The molecule has 94 valence electrons. The first-order chi connectivity index (χ1) is 8.13. The summed E-state index contributed by atoms with van der Waals surface area (Å²) in [4.78, 5) is 4.53. The van der Waals surface area contributed by atoms with E-state index in [1.807, 2.05) is 13.0 Å². The van der Waals surface area contributed by atoms with Gasteiger partial charge in [0.05, 0.1) is 5.69 Å². The summed E-state index contributed by atoms with van der Waals surface area (Å²) >= 11 is 0. The largest absolute Gasteiger partial charge is 0.355 e. The van der Waals surface area contributed by atoms with Crippen LogP contribution in [0.4, 0.5) is 5.95 Å². The fraction of sp³-hybridized carbons (Fsp3) is 0.643. The third kappa shape index (κ3) is 2.90. The minimum atomic E-state index is 0.457. The number of aromatic nitrogens is 2. The van der Waals surface area contributed by atoms with Gasteiger partial charge in [-0.1, -0.05) is 25.8 Å². The van der Waals surface area contributed by atoms with Crippen molar-refractivity contribution < 1.29 is 0 Å². The molecule has 0 saturated heterocycles. The number of allylic oxidation sites excluding steroid dienone is 1. The maximum atomic E-state index is 4.53. The molecule has 0 radical (unpaired) electrons. The molecule has 0 spiro atoms. The van der Waals surface area contributed by atoms with Gasteiger partial charge >= 0.3 is 0 Å². The van der Waals surface area contributed by atoms with Crippen LogP contribution in [0.15, 0.2) is 18.9 Å². The Hall–Kier alpha value is -1.25. The third-order valence-corrected chi connectivity index (χ3v) is 3.71. The molecule has 1 fully saturated rings. The highest BCUT2D eigenvalue weighted by Crippen LogP contribution is 2.37. The Morgan fingerprint density at radius 2 is 2.24 bits per heavy atom. The summed E-state index contributed by atoms with van der Waals surface area (Å²) in [6.07, 6.45) is 9.39. The van der Waals surface area contributed by atoms with Crippen LogP contribution < -0.4 is 5.32 Å². The van der Waals surface area contributed by atoms with Crippen molar-refractivity contribution in [1.29, 1.82) is 0 Å². The van der Waals surface area contributed by atoms with E-state index in [4.69, 9.17) is 0 Å².